The Labute approximate surface area is 156 Å². The summed E-state index contributed by atoms with van der Waals surface area (Å²) in [5.74, 6) is 2.20. The van der Waals surface area contributed by atoms with Gasteiger partial charge in [-0.25, -0.2) is 0 Å². The largest absolute Gasteiger partial charge is 0.493 e. The molecule has 1 atom stereocenters. The SMILES string of the molecule is CCN=C1Nc2cc(OC)c(OC)cc2N(CCCN2CCCC2)C1N. The zero-order valence-electron chi connectivity index (χ0n) is 16.1. The molecule has 2 heterocycles. The molecule has 0 spiro atoms. The van der Waals surface area contributed by atoms with Crippen molar-refractivity contribution < 1.29 is 9.47 Å². The van der Waals surface area contributed by atoms with Gasteiger partial charge in [0.2, 0.25) is 0 Å². The number of rotatable bonds is 7. The standard InChI is InChI=1S/C19H31N5O2/c1-4-21-19-18(20)24(11-7-10-23-8-5-6-9-23)15-13-17(26-3)16(25-2)12-14(15)22-19/h12-13,18H,4-11,20H2,1-3H3,(H,21,22). The number of nitrogens with zero attached hydrogens (tertiary/aromatic N) is 3. The summed E-state index contributed by atoms with van der Waals surface area (Å²) in [6, 6.07) is 3.96. The van der Waals surface area contributed by atoms with Gasteiger partial charge < -0.3 is 30.3 Å². The van der Waals surface area contributed by atoms with Crippen molar-refractivity contribution in [2.45, 2.75) is 32.4 Å². The molecule has 26 heavy (non-hydrogen) atoms. The van der Waals surface area contributed by atoms with Crippen LogP contribution in [0.4, 0.5) is 11.4 Å². The van der Waals surface area contributed by atoms with Gasteiger partial charge >= 0.3 is 0 Å². The summed E-state index contributed by atoms with van der Waals surface area (Å²) in [5.41, 5.74) is 8.52. The molecule has 1 aromatic rings. The minimum absolute atomic E-state index is 0.279. The smallest absolute Gasteiger partial charge is 0.162 e. The van der Waals surface area contributed by atoms with Gasteiger partial charge in [-0.2, -0.15) is 0 Å². The van der Waals surface area contributed by atoms with Gasteiger partial charge in [-0.3, -0.25) is 4.99 Å². The average Bonchev–Trinajstić information content (AvgIpc) is 3.17. The Hall–Kier alpha value is -1.99. The Morgan fingerprint density at radius 1 is 1.15 bits per heavy atom. The fraction of sp³-hybridized carbons (Fsp3) is 0.632. The van der Waals surface area contributed by atoms with Crippen LogP contribution in [0, 0.1) is 0 Å². The number of nitrogens with one attached hydrogen (secondary N) is 1. The van der Waals surface area contributed by atoms with Crippen LogP contribution in [-0.2, 0) is 0 Å². The summed E-state index contributed by atoms with van der Waals surface area (Å²) >= 11 is 0. The van der Waals surface area contributed by atoms with E-state index in [9.17, 15) is 0 Å². The molecule has 1 fully saturated rings. The normalized spacial score (nSPS) is 21.6. The number of hydrogen-bond donors (Lipinski definition) is 2. The highest BCUT2D eigenvalue weighted by Crippen LogP contribution is 2.41. The summed E-state index contributed by atoms with van der Waals surface area (Å²) < 4.78 is 10.9. The fourth-order valence-corrected chi connectivity index (χ4v) is 3.75. The molecule has 0 amide bonds. The first kappa shape index (κ1) is 18.8. The number of anilines is 2. The van der Waals surface area contributed by atoms with Crippen LogP contribution >= 0.6 is 0 Å². The lowest BCUT2D eigenvalue weighted by Crippen LogP contribution is -2.54. The Bertz CT molecular complexity index is 643. The highest BCUT2D eigenvalue weighted by molar-refractivity contribution is 6.07. The summed E-state index contributed by atoms with van der Waals surface area (Å²) in [4.78, 5) is 9.31. The molecular weight excluding hydrogens is 330 g/mol. The molecule has 0 bridgehead atoms. The molecule has 2 aliphatic rings. The van der Waals surface area contributed by atoms with E-state index in [2.05, 4.69) is 20.1 Å². The van der Waals surface area contributed by atoms with Crippen molar-refractivity contribution in [3.63, 3.8) is 0 Å². The lowest BCUT2D eigenvalue weighted by atomic mass is 10.1. The van der Waals surface area contributed by atoms with Crippen molar-refractivity contribution in [1.29, 1.82) is 0 Å². The number of benzene rings is 1. The van der Waals surface area contributed by atoms with Crippen molar-refractivity contribution in [3.8, 4) is 11.5 Å². The van der Waals surface area contributed by atoms with Crippen LogP contribution in [0.1, 0.15) is 26.2 Å². The minimum atomic E-state index is -0.279. The van der Waals surface area contributed by atoms with Gasteiger partial charge in [-0.05, 0) is 45.8 Å². The monoisotopic (exact) mass is 361 g/mol. The molecule has 1 unspecified atom stereocenters. The maximum Gasteiger partial charge on any atom is 0.162 e. The molecule has 144 valence electrons. The Morgan fingerprint density at radius 3 is 2.50 bits per heavy atom. The van der Waals surface area contributed by atoms with Crippen LogP contribution in [0.3, 0.4) is 0 Å². The van der Waals surface area contributed by atoms with Gasteiger partial charge in [0.15, 0.2) is 11.5 Å². The molecule has 3 rings (SSSR count). The summed E-state index contributed by atoms with van der Waals surface area (Å²) in [6.45, 7) is 7.14. The zero-order chi connectivity index (χ0) is 18.5. The second-order valence-electron chi connectivity index (χ2n) is 6.75. The number of nitrogens with two attached hydrogens (primary N) is 1. The fourth-order valence-electron chi connectivity index (χ4n) is 3.75. The van der Waals surface area contributed by atoms with E-state index in [0.717, 1.165) is 36.7 Å². The average molecular weight is 361 g/mol. The quantitative estimate of drug-likeness (QED) is 0.775. The summed E-state index contributed by atoms with van der Waals surface area (Å²) in [7, 11) is 3.30. The highest BCUT2D eigenvalue weighted by atomic mass is 16.5. The van der Waals surface area contributed by atoms with Crippen molar-refractivity contribution in [2.75, 3.05) is 57.2 Å². The van der Waals surface area contributed by atoms with Crippen LogP contribution < -0.4 is 25.4 Å². The van der Waals surface area contributed by atoms with E-state index in [0.29, 0.717) is 18.0 Å². The third kappa shape index (κ3) is 3.88. The number of aliphatic imine (C=N–C) groups is 1. The van der Waals surface area contributed by atoms with E-state index < -0.39 is 0 Å². The van der Waals surface area contributed by atoms with Gasteiger partial charge in [0.25, 0.3) is 0 Å². The number of ether oxygens (including phenoxy) is 2. The van der Waals surface area contributed by atoms with E-state index in [4.69, 9.17) is 15.2 Å². The Kier molecular flexibility index (Phi) is 6.21. The van der Waals surface area contributed by atoms with Crippen molar-refractivity contribution >= 4 is 17.2 Å². The van der Waals surface area contributed by atoms with Gasteiger partial charge in [0.1, 0.15) is 12.0 Å². The molecule has 1 saturated heterocycles. The van der Waals surface area contributed by atoms with Crippen molar-refractivity contribution in [2.24, 2.45) is 10.7 Å². The summed E-state index contributed by atoms with van der Waals surface area (Å²) in [6.07, 6.45) is 3.43. The van der Waals surface area contributed by atoms with Gasteiger partial charge in [0, 0.05) is 25.2 Å². The van der Waals surface area contributed by atoms with Gasteiger partial charge in [0.05, 0.1) is 25.6 Å². The predicted molar refractivity (Wildman–Crippen MR) is 107 cm³/mol. The van der Waals surface area contributed by atoms with E-state index in [1.165, 1.54) is 25.9 Å². The van der Waals surface area contributed by atoms with Gasteiger partial charge in [-0.15, -0.1) is 0 Å². The Morgan fingerprint density at radius 2 is 1.85 bits per heavy atom. The number of methoxy groups -OCH3 is 2. The molecule has 0 aromatic heterocycles. The third-order valence-electron chi connectivity index (χ3n) is 5.09. The van der Waals surface area contributed by atoms with Gasteiger partial charge in [-0.1, -0.05) is 0 Å². The van der Waals surface area contributed by atoms with E-state index in [1.54, 1.807) is 14.2 Å². The van der Waals surface area contributed by atoms with E-state index in [1.807, 2.05) is 19.1 Å². The first-order valence-corrected chi connectivity index (χ1v) is 9.50. The second-order valence-corrected chi connectivity index (χ2v) is 6.75. The molecular formula is C19H31N5O2. The zero-order valence-corrected chi connectivity index (χ0v) is 16.1. The molecule has 2 aliphatic heterocycles. The van der Waals surface area contributed by atoms with E-state index >= 15 is 0 Å². The van der Waals surface area contributed by atoms with Crippen LogP contribution in [-0.4, -0.2) is 63.8 Å². The van der Waals surface area contributed by atoms with E-state index in [-0.39, 0.29) is 6.17 Å². The number of fused-ring (bicyclic) bond motifs is 1. The molecule has 3 N–H and O–H groups in total. The predicted octanol–water partition coefficient (Wildman–Crippen LogP) is 2.12. The minimum Gasteiger partial charge on any atom is -0.493 e. The molecule has 0 aliphatic carbocycles. The first-order chi connectivity index (χ1) is 12.7. The highest BCUT2D eigenvalue weighted by Gasteiger charge is 2.30. The molecule has 7 heteroatoms. The maximum atomic E-state index is 6.53. The Balaban J connectivity index is 1.84. The van der Waals surface area contributed by atoms with Crippen LogP contribution in [0.2, 0.25) is 0 Å². The first-order valence-electron chi connectivity index (χ1n) is 9.50. The molecule has 7 nitrogen and oxygen atoms in total. The second kappa shape index (κ2) is 8.60. The van der Waals surface area contributed by atoms with Crippen molar-refractivity contribution in [3.05, 3.63) is 12.1 Å². The molecule has 0 radical (unpaired) electrons. The topological polar surface area (TPSA) is 75.4 Å². The van der Waals surface area contributed by atoms with Crippen LogP contribution in [0.15, 0.2) is 17.1 Å². The van der Waals surface area contributed by atoms with Crippen molar-refractivity contribution in [1.82, 2.24) is 4.90 Å². The molecule has 1 aromatic carbocycles. The third-order valence-corrected chi connectivity index (χ3v) is 5.09. The maximum absolute atomic E-state index is 6.53. The van der Waals surface area contributed by atoms with Crippen LogP contribution in [0.5, 0.6) is 11.5 Å². The number of amidine groups is 1. The lowest BCUT2D eigenvalue weighted by Gasteiger charge is -2.38. The lowest BCUT2D eigenvalue weighted by molar-refractivity contribution is 0.333. The summed E-state index contributed by atoms with van der Waals surface area (Å²) in [5, 5.41) is 3.37. The number of hydrogen-bond acceptors (Lipinski definition) is 6. The molecule has 0 saturated carbocycles. The van der Waals surface area contributed by atoms with Crippen LogP contribution in [0.25, 0.3) is 0 Å². The number of likely N-dealkylation sites (tertiary alicyclic amines) is 1.